The van der Waals surface area contributed by atoms with Crippen LogP contribution >= 0.6 is 0 Å². The zero-order valence-corrected chi connectivity index (χ0v) is 23.1. The number of benzene rings is 1. The number of carbonyl (C=O) groups is 1. The maximum absolute atomic E-state index is 14.2. The minimum Gasteiger partial charge on any atom is -0.481 e. The standard InChI is InChI=1S/C31H42N4O4/c1-2-39-33-27(13-14-29(36)37)30-31(38)35(28-12-4-3-11-26(28)32-30)25-18-22-9-6-10-23(19-25)34(22)24-16-20-7-5-8-21(15-20)17-24/h3-4,11-12,20-25H,2,5-10,13-19H2,1H3,(H,36,37)/b33-27+/t20-,21+,22-,23+,24+,25+. The second-order valence-corrected chi connectivity index (χ2v) is 12.3. The van der Waals surface area contributed by atoms with E-state index in [9.17, 15) is 14.7 Å². The van der Waals surface area contributed by atoms with Gasteiger partial charge in [0.15, 0.2) is 5.69 Å². The second-order valence-electron chi connectivity index (χ2n) is 12.3. The van der Waals surface area contributed by atoms with E-state index in [4.69, 9.17) is 9.82 Å². The van der Waals surface area contributed by atoms with Crippen molar-refractivity contribution in [3.05, 3.63) is 40.3 Å². The van der Waals surface area contributed by atoms with Crippen molar-refractivity contribution in [2.45, 2.75) is 115 Å². The highest BCUT2D eigenvalue weighted by molar-refractivity contribution is 6.00. The van der Waals surface area contributed by atoms with Gasteiger partial charge in [0.25, 0.3) is 5.56 Å². The van der Waals surface area contributed by atoms with Gasteiger partial charge in [-0.3, -0.25) is 14.5 Å². The monoisotopic (exact) mass is 534 g/mol. The Hall–Kier alpha value is -2.74. The molecule has 0 spiro atoms. The predicted molar refractivity (Wildman–Crippen MR) is 151 cm³/mol. The van der Waals surface area contributed by atoms with Crippen LogP contribution in [0.3, 0.4) is 0 Å². The number of fused-ring (bicyclic) bond motifs is 5. The number of hydrogen-bond acceptors (Lipinski definition) is 6. The zero-order valence-electron chi connectivity index (χ0n) is 23.1. The summed E-state index contributed by atoms with van der Waals surface area (Å²) in [6, 6.07) is 9.64. The van der Waals surface area contributed by atoms with E-state index < -0.39 is 5.97 Å². The van der Waals surface area contributed by atoms with E-state index in [2.05, 4.69) is 10.1 Å². The van der Waals surface area contributed by atoms with E-state index in [1.165, 1.54) is 57.8 Å². The lowest BCUT2D eigenvalue weighted by Gasteiger charge is -2.55. The van der Waals surface area contributed by atoms with Crippen LogP contribution in [0.2, 0.25) is 0 Å². The third-order valence-corrected chi connectivity index (χ3v) is 9.84. The smallest absolute Gasteiger partial charge is 0.303 e. The van der Waals surface area contributed by atoms with Gasteiger partial charge in [0.1, 0.15) is 12.3 Å². The van der Waals surface area contributed by atoms with Gasteiger partial charge in [0.05, 0.1) is 17.5 Å². The fraction of sp³-hybridized carbons (Fsp3) is 0.677. The Balaban J connectivity index is 1.35. The molecule has 39 heavy (non-hydrogen) atoms. The molecule has 0 radical (unpaired) electrons. The highest BCUT2D eigenvalue weighted by Crippen LogP contribution is 2.47. The van der Waals surface area contributed by atoms with Gasteiger partial charge >= 0.3 is 5.97 Å². The van der Waals surface area contributed by atoms with E-state index in [0.717, 1.165) is 35.7 Å². The van der Waals surface area contributed by atoms with E-state index in [1.54, 1.807) is 0 Å². The van der Waals surface area contributed by atoms with E-state index in [1.807, 2.05) is 35.8 Å². The molecule has 4 bridgehead atoms. The van der Waals surface area contributed by atoms with E-state index in [-0.39, 0.29) is 30.1 Å². The number of para-hydroxylation sites is 2. The summed E-state index contributed by atoms with van der Waals surface area (Å²) >= 11 is 0. The molecule has 2 saturated heterocycles. The molecule has 4 aliphatic rings. The molecule has 4 fully saturated rings. The summed E-state index contributed by atoms with van der Waals surface area (Å²) in [7, 11) is 0. The number of aliphatic carboxylic acids is 1. The number of aromatic nitrogens is 2. The Kier molecular flexibility index (Phi) is 7.74. The van der Waals surface area contributed by atoms with Crippen LogP contribution in [0.15, 0.2) is 34.2 Å². The molecular formula is C31H42N4O4. The van der Waals surface area contributed by atoms with Crippen molar-refractivity contribution >= 4 is 22.7 Å². The molecule has 210 valence electrons. The van der Waals surface area contributed by atoms with Crippen LogP contribution in [0.25, 0.3) is 11.0 Å². The number of nitrogens with zero attached hydrogens (tertiary/aromatic N) is 4. The van der Waals surface area contributed by atoms with Crippen LogP contribution in [-0.4, -0.2) is 56.0 Å². The van der Waals surface area contributed by atoms with Gasteiger partial charge in [0, 0.05) is 30.6 Å². The molecule has 1 N–H and O–H groups in total. The van der Waals surface area contributed by atoms with Crippen molar-refractivity contribution in [2.75, 3.05) is 6.61 Å². The maximum atomic E-state index is 14.2. The van der Waals surface area contributed by atoms with Crippen molar-refractivity contribution in [1.82, 2.24) is 14.5 Å². The first kappa shape index (κ1) is 26.5. The first-order valence-electron chi connectivity index (χ1n) is 15.2. The Morgan fingerprint density at radius 3 is 2.33 bits per heavy atom. The van der Waals surface area contributed by atoms with Gasteiger partial charge in [-0.1, -0.05) is 43.0 Å². The summed E-state index contributed by atoms with van der Waals surface area (Å²) in [6.45, 7) is 2.15. The normalized spacial score (nSPS) is 31.3. The Morgan fingerprint density at radius 1 is 0.949 bits per heavy atom. The fourth-order valence-corrected chi connectivity index (χ4v) is 8.42. The molecule has 8 heteroatoms. The number of carboxylic acids is 1. The lowest BCUT2D eigenvalue weighted by Crippen LogP contribution is -2.58. The van der Waals surface area contributed by atoms with Gasteiger partial charge in [-0.15, -0.1) is 0 Å². The lowest BCUT2D eigenvalue weighted by molar-refractivity contribution is -0.136. The Labute approximate surface area is 230 Å². The summed E-state index contributed by atoms with van der Waals surface area (Å²) in [5.74, 6) is 0.876. The molecule has 2 aliphatic heterocycles. The van der Waals surface area contributed by atoms with Crippen molar-refractivity contribution in [3.8, 4) is 0 Å². The molecule has 0 unspecified atom stereocenters. The highest BCUT2D eigenvalue weighted by Gasteiger charge is 2.45. The van der Waals surface area contributed by atoms with Gasteiger partial charge < -0.3 is 14.5 Å². The second kappa shape index (κ2) is 11.4. The van der Waals surface area contributed by atoms with Crippen molar-refractivity contribution in [2.24, 2.45) is 17.0 Å². The lowest BCUT2D eigenvalue weighted by atomic mass is 9.68. The molecular weight excluding hydrogens is 492 g/mol. The SMILES string of the molecule is CCO/N=C(\CCC(=O)O)c1nc2ccccc2n([C@H]2C[C@H]3CCC[C@@H](C2)N3[C@H]2C[C@@H]3CCC[C@@H](C3)C2)c1=O. The molecule has 3 heterocycles. The Morgan fingerprint density at radius 2 is 1.64 bits per heavy atom. The third kappa shape index (κ3) is 5.37. The topological polar surface area (TPSA) is 97.0 Å². The van der Waals surface area contributed by atoms with Crippen LogP contribution < -0.4 is 5.56 Å². The van der Waals surface area contributed by atoms with Crippen molar-refractivity contribution < 1.29 is 14.7 Å². The van der Waals surface area contributed by atoms with Crippen molar-refractivity contribution in [3.63, 3.8) is 0 Å². The fourth-order valence-electron chi connectivity index (χ4n) is 8.42. The molecule has 8 nitrogen and oxygen atoms in total. The quantitative estimate of drug-likeness (QED) is 0.353. The average Bonchev–Trinajstić information content (AvgIpc) is 2.92. The first-order valence-corrected chi connectivity index (χ1v) is 15.2. The number of rotatable bonds is 8. The van der Waals surface area contributed by atoms with Crippen LogP contribution in [0.5, 0.6) is 0 Å². The summed E-state index contributed by atoms with van der Waals surface area (Å²) in [6.07, 6.45) is 14.0. The molecule has 2 aromatic rings. The summed E-state index contributed by atoms with van der Waals surface area (Å²) in [4.78, 5) is 38.4. The van der Waals surface area contributed by atoms with Crippen LogP contribution in [0.1, 0.15) is 102 Å². The van der Waals surface area contributed by atoms with E-state index >= 15 is 0 Å². The Bertz CT molecular complexity index is 1260. The molecule has 6 rings (SSSR count). The van der Waals surface area contributed by atoms with Crippen molar-refractivity contribution in [1.29, 1.82) is 0 Å². The first-order chi connectivity index (χ1) is 19.0. The van der Waals surface area contributed by atoms with Gasteiger partial charge in [-0.05, 0) is 75.8 Å². The summed E-state index contributed by atoms with van der Waals surface area (Å²) < 4.78 is 1.97. The molecule has 0 amide bonds. The predicted octanol–water partition coefficient (Wildman–Crippen LogP) is 5.53. The van der Waals surface area contributed by atoms with Crippen LogP contribution in [0.4, 0.5) is 0 Å². The van der Waals surface area contributed by atoms with Crippen LogP contribution in [0, 0.1) is 11.8 Å². The third-order valence-electron chi connectivity index (χ3n) is 9.84. The number of oxime groups is 1. The van der Waals surface area contributed by atoms with Crippen LogP contribution in [-0.2, 0) is 9.63 Å². The molecule has 2 aliphatic carbocycles. The number of carboxylic acid groups (broad SMARTS) is 1. The summed E-state index contributed by atoms with van der Waals surface area (Å²) in [5.41, 5.74) is 1.94. The van der Waals surface area contributed by atoms with E-state index in [0.29, 0.717) is 30.4 Å². The minimum absolute atomic E-state index is 0.0895. The minimum atomic E-state index is -0.938. The number of hydrogen-bond donors (Lipinski definition) is 1. The zero-order chi connectivity index (χ0) is 26.9. The van der Waals surface area contributed by atoms with Gasteiger partial charge in [-0.25, -0.2) is 4.98 Å². The molecule has 6 atom stereocenters. The molecule has 2 saturated carbocycles. The number of piperidine rings is 2. The average molecular weight is 535 g/mol. The largest absolute Gasteiger partial charge is 0.481 e. The molecule has 1 aromatic heterocycles. The highest BCUT2D eigenvalue weighted by atomic mass is 16.6. The molecule has 1 aromatic carbocycles. The van der Waals surface area contributed by atoms with Gasteiger partial charge in [-0.2, -0.15) is 0 Å². The maximum Gasteiger partial charge on any atom is 0.303 e. The van der Waals surface area contributed by atoms with Gasteiger partial charge in [0.2, 0.25) is 0 Å². The summed E-state index contributed by atoms with van der Waals surface area (Å²) in [5, 5.41) is 13.5.